The van der Waals surface area contributed by atoms with Gasteiger partial charge in [0.15, 0.2) is 0 Å². The number of carbonyl (C=O) groups excluding carboxylic acids is 1. The molecule has 116 valence electrons. The first-order chi connectivity index (χ1) is 11.7. The molecule has 3 nitrogen and oxygen atoms in total. The molecular formula is C20H12ClNO2. The van der Waals surface area contributed by atoms with Crippen molar-refractivity contribution in [2.45, 2.75) is 0 Å². The number of esters is 1. The molecule has 24 heavy (non-hydrogen) atoms. The van der Waals surface area contributed by atoms with E-state index in [0.29, 0.717) is 10.8 Å². The van der Waals surface area contributed by atoms with E-state index in [1.54, 1.807) is 12.1 Å². The summed E-state index contributed by atoms with van der Waals surface area (Å²) in [6.45, 7) is 0. The fraction of sp³-hybridized carbons (Fsp3) is 0. The Kier molecular flexibility index (Phi) is 4.60. The second-order valence-corrected chi connectivity index (χ2v) is 5.47. The van der Waals surface area contributed by atoms with Crippen molar-refractivity contribution < 1.29 is 9.53 Å². The highest BCUT2D eigenvalue weighted by Gasteiger charge is 2.14. The number of hydrogen-bond acceptors (Lipinski definition) is 3. The van der Waals surface area contributed by atoms with E-state index in [0.717, 1.165) is 16.3 Å². The predicted molar refractivity (Wildman–Crippen MR) is 94.6 cm³/mol. The second-order valence-electron chi connectivity index (χ2n) is 5.06. The van der Waals surface area contributed by atoms with E-state index in [1.165, 1.54) is 6.08 Å². The molecule has 0 aliphatic heterocycles. The molecule has 3 aromatic rings. The number of hydrogen-bond donors (Lipinski definition) is 0. The van der Waals surface area contributed by atoms with Crippen molar-refractivity contribution in [3.05, 3.63) is 82.9 Å². The van der Waals surface area contributed by atoms with Crippen molar-refractivity contribution in [3.63, 3.8) is 0 Å². The molecule has 4 heteroatoms. The predicted octanol–water partition coefficient (Wildman–Crippen LogP) is 5.01. The Hall–Kier alpha value is -3.09. The smallest absolute Gasteiger partial charge is 0.354 e. The van der Waals surface area contributed by atoms with Crippen LogP contribution in [0.2, 0.25) is 5.02 Å². The minimum Gasteiger partial charge on any atom is -0.422 e. The third-order valence-corrected chi connectivity index (χ3v) is 3.81. The molecule has 0 atom stereocenters. The molecule has 0 radical (unpaired) electrons. The van der Waals surface area contributed by atoms with Gasteiger partial charge in [-0.1, -0.05) is 66.2 Å². The number of rotatable bonds is 3. The normalized spacial score (nSPS) is 11.1. The summed E-state index contributed by atoms with van der Waals surface area (Å²) in [5, 5.41) is 11.3. The zero-order valence-electron chi connectivity index (χ0n) is 12.6. The van der Waals surface area contributed by atoms with Crippen molar-refractivity contribution in [2.75, 3.05) is 0 Å². The van der Waals surface area contributed by atoms with Gasteiger partial charge in [-0.3, -0.25) is 0 Å². The molecule has 0 fully saturated rings. The Labute approximate surface area is 144 Å². The summed E-state index contributed by atoms with van der Waals surface area (Å²) in [5.74, 6) is -0.331. The number of fused-ring (bicyclic) bond motifs is 1. The Morgan fingerprint density at radius 3 is 2.33 bits per heavy atom. The average Bonchev–Trinajstić information content (AvgIpc) is 2.63. The lowest BCUT2D eigenvalue weighted by Gasteiger charge is -2.08. The molecule has 3 rings (SSSR count). The van der Waals surface area contributed by atoms with Crippen LogP contribution in [0.1, 0.15) is 5.56 Å². The molecule has 0 aliphatic carbocycles. The summed E-state index contributed by atoms with van der Waals surface area (Å²) < 4.78 is 5.42. The first-order valence-electron chi connectivity index (χ1n) is 7.25. The van der Waals surface area contributed by atoms with Gasteiger partial charge in [-0.15, -0.1) is 0 Å². The van der Waals surface area contributed by atoms with Crippen LogP contribution in [-0.2, 0) is 4.79 Å². The summed E-state index contributed by atoms with van der Waals surface area (Å²) in [6.07, 6.45) is 1.50. The van der Waals surface area contributed by atoms with Crippen LogP contribution in [0.3, 0.4) is 0 Å². The third kappa shape index (κ3) is 3.29. The molecule has 0 amide bonds. The maximum Gasteiger partial charge on any atom is 0.354 e. The van der Waals surface area contributed by atoms with E-state index in [9.17, 15) is 10.1 Å². The van der Waals surface area contributed by atoms with E-state index in [-0.39, 0.29) is 5.57 Å². The zero-order chi connectivity index (χ0) is 16.9. The molecule has 3 aromatic carbocycles. The lowest BCUT2D eigenvalue weighted by Crippen LogP contribution is -2.10. The maximum absolute atomic E-state index is 12.3. The number of carbonyl (C=O) groups is 1. The SMILES string of the molecule is N#C/C(=C\c1ccccc1)C(=O)Oc1ccc(Cl)c2ccccc12. The second kappa shape index (κ2) is 6.99. The Bertz CT molecular complexity index is 972. The zero-order valence-corrected chi connectivity index (χ0v) is 13.3. The van der Waals surface area contributed by atoms with Gasteiger partial charge in [0, 0.05) is 15.8 Å². The van der Waals surface area contributed by atoms with Crippen LogP contribution in [0.25, 0.3) is 16.8 Å². The lowest BCUT2D eigenvalue weighted by atomic mass is 10.1. The molecule has 0 unspecified atom stereocenters. The van der Waals surface area contributed by atoms with Gasteiger partial charge in [-0.25, -0.2) is 4.79 Å². The Balaban J connectivity index is 1.94. The van der Waals surface area contributed by atoms with Gasteiger partial charge >= 0.3 is 5.97 Å². The summed E-state index contributed by atoms with van der Waals surface area (Å²) in [6, 6.07) is 21.7. The van der Waals surface area contributed by atoms with Gasteiger partial charge in [0.25, 0.3) is 0 Å². The summed E-state index contributed by atoms with van der Waals surface area (Å²) in [7, 11) is 0. The first kappa shape index (κ1) is 15.8. The maximum atomic E-state index is 12.3. The molecule has 0 saturated carbocycles. The quantitative estimate of drug-likeness (QED) is 0.293. The van der Waals surface area contributed by atoms with Gasteiger partial charge in [-0.05, 0) is 23.8 Å². The van der Waals surface area contributed by atoms with E-state index < -0.39 is 5.97 Å². The molecule has 0 N–H and O–H groups in total. The molecule has 0 aromatic heterocycles. The monoisotopic (exact) mass is 333 g/mol. The lowest BCUT2D eigenvalue weighted by molar-refractivity contribution is -0.129. The number of nitrogens with zero attached hydrogens (tertiary/aromatic N) is 1. The minimum absolute atomic E-state index is 0.0692. The molecule has 0 spiro atoms. The van der Waals surface area contributed by atoms with E-state index in [2.05, 4.69) is 0 Å². The number of nitriles is 1. The van der Waals surface area contributed by atoms with Gasteiger partial charge in [0.2, 0.25) is 0 Å². The van der Waals surface area contributed by atoms with E-state index in [4.69, 9.17) is 16.3 Å². The van der Waals surface area contributed by atoms with E-state index >= 15 is 0 Å². The highest BCUT2D eigenvalue weighted by atomic mass is 35.5. The largest absolute Gasteiger partial charge is 0.422 e. The van der Waals surface area contributed by atoms with Crippen molar-refractivity contribution in [1.29, 1.82) is 5.26 Å². The average molecular weight is 334 g/mol. The molecular weight excluding hydrogens is 322 g/mol. The molecule has 0 bridgehead atoms. The van der Waals surface area contributed by atoms with Crippen molar-refractivity contribution in [2.24, 2.45) is 0 Å². The van der Waals surface area contributed by atoms with Crippen LogP contribution in [0.4, 0.5) is 0 Å². The number of benzene rings is 3. The van der Waals surface area contributed by atoms with Crippen molar-refractivity contribution in [3.8, 4) is 11.8 Å². The van der Waals surface area contributed by atoms with E-state index in [1.807, 2.05) is 60.7 Å². The fourth-order valence-electron chi connectivity index (χ4n) is 2.33. The fourth-order valence-corrected chi connectivity index (χ4v) is 2.56. The van der Waals surface area contributed by atoms with Crippen LogP contribution >= 0.6 is 11.6 Å². The first-order valence-corrected chi connectivity index (χ1v) is 7.63. The highest BCUT2D eigenvalue weighted by molar-refractivity contribution is 6.35. The Morgan fingerprint density at radius 1 is 0.958 bits per heavy atom. The molecule has 0 saturated heterocycles. The van der Waals surface area contributed by atoms with Crippen LogP contribution in [-0.4, -0.2) is 5.97 Å². The number of halogens is 1. The summed E-state index contributed by atoms with van der Waals surface area (Å²) >= 11 is 6.16. The van der Waals surface area contributed by atoms with Gasteiger partial charge < -0.3 is 4.74 Å². The van der Waals surface area contributed by atoms with Gasteiger partial charge in [-0.2, -0.15) is 5.26 Å². The highest BCUT2D eigenvalue weighted by Crippen LogP contribution is 2.31. The van der Waals surface area contributed by atoms with Crippen LogP contribution in [0.5, 0.6) is 5.75 Å². The van der Waals surface area contributed by atoms with Crippen LogP contribution in [0, 0.1) is 11.3 Å². The molecule has 0 aliphatic rings. The van der Waals surface area contributed by atoms with Gasteiger partial charge in [0.1, 0.15) is 17.4 Å². The van der Waals surface area contributed by atoms with Crippen molar-refractivity contribution in [1.82, 2.24) is 0 Å². The third-order valence-electron chi connectivity index (χ3n) is 3.48. The van der Waals surface area contributed by atoms with Crippen molar-refractivity contribution >= 4 is 34.4 Å². The standard InChI is InChI=1S/C20H12ClNO2/c21-18-10-11-19(17-9-5-4-8-16(17)18)24-20(23)15(13-22)12-14-6-2-1-3-7-14/h1-12H/b15-12+. The summed E-state index contributed by atoms with van der Waals surface area (Å²) in [4.78, 5) is 12.3. The molecule has 0 heterocycles. The topological polar surface area (TPSA) is 50.1 Å². The summed E-state index contributed by atoms with van der Waals surface area (Å²) in [5.41, 5.74) is 0.687. The number of ether oxygens (including phenoxy) is 1. The van der Waals surface area contributed by atoms with Crippen LogP contribution in [0.15, 0.2) is 72.3 Å². The van der Waals surface area contributed by atoms with Gasteiger partial charge in [0.05, 0.1) is 0 Å². The minimum atomic E-state index is -0.700. The Morgan fingerprint density at radius 2 is 1.62 bits per heavy atom. The van der Waals surface area contributed by atoms with Crippen LogP contribution < -0.4 is 4.74 Å².